The number of amides is 1. The van der Waals surface area contributed by atoms with Crippen LogP contribution in [0, 0.1) is 0 Å². The Bertz CT molecular complexity index is 659. The Morgan fingerprint density at radius 1 is 0.966 bits per heavy atom. The van der Waals surface area contributed by atoms with Gasteiger partial charge < -0.3 is 15.1 Å². The molecule has 2 aliphatic heterocycles. The third-order valence-corrected chi connectivity index (χ3v) is 8.39. The van der Waals surface area contributed by atoms with Gasteiger partial charge in [0.05, 0.1) is 5.75 Å². The standard InChI is InChI=1S/C20H38N4O3S2/c1-4-17-29(26,27)23-15-13-22(14-16-23)11-9-7-5-6-8-10-12-24-19(28)21-18(25)20(24,2)3/h4-17H2,1-3H3,(H,21,25,28). The van der Waals surface area contributed by atoms with Crippen LogP contribution in [-0.4, -0.2) is 84.1 Å². The van der Waals surface area contributed by atoms with E-state index in [1.165, 1.54) is 25.7 Å². The van der Waals surface area contributed by atoms with E-state index in [-0.39, 0.29) is 11.7 Å². The van der Waals surface area contributed by atoms with Gasteiger partial charge in [0.15, 0.2) is 5.11 Å². The fourth-order valence-electron chi connectivity index (χ4n) is 4.01. The number of unbranched alkanes of at least 4 members (excludes halogenated alkanes) is 5. The summed E-state index contributed by atoms with van der Waals surface area (Å²) in [6.07, 6.45) is 7.68. The van der Waals surface area contributed by atoms with Gasteiger partial charge in [-0.2, -0.15) is 4.31 Å². The van der Waals surface area contributed by atoms with Crippen LogP contribution in [-0.2, 0) is 14.8 Å². The third kappa shape index (κ3) is 6.87. The molecule has 0 aliphatic carbocycles. The van der Waals surface area contributed by atoms with Crippen LogP contribution in [0.1, 0.15) is 65.7 Å². The minimum atomic E-state index is -3.04. The molecule has 1 N–H and O–H groups in total. The first kappa shape index (κ1) is 24.5. The molecule has 0 aromatic rings. The van der Waals surface area contributed by atoms with Gasteiger partial charge in [0, 0.05) is 32.7 Å². The van der Waals surface area contributed by atoms with Crippen molar-refractivity contribution in [2.75, 3.05) is 45.0 Å². The summed E-state index contributed by atoms with van der Waals surface area (Å²) in [7, 11) is -3.04. The van der Waals surface area contributed by atoms with E-state index in [4.69, 9.17) is 12.2 Å². The molecule has 0 spiro atoms. The van der Waals surface area contributed by atoms with E-state index < -0.39 is 15.6 Å². The molecule has 29 heavy (non-hydrogen) atoms. The monoisotopic (exact) mass is 446 g/mol. The predicted molar refractivity (Wildman–Crippen MR) is 121 cm³/mol. The molecule has 2 saturated heterocycles. The van der Waals surface area contributed by atoms with Crippen molar-refractivity contribution in [2.45, 2.75) is 71.3 Å². The maximum absolute atomic E-state index is 12.1. The zero-order valence-electron chi connectivity index (χ0n) is 18.3. The van der Waals surface area contributed by atoms with Gasteiger partial charge in [-0.25, -0.2) is 8.42 Å². The molecule has 2 fully saturated rings. The van der Waals surface area contributed by atoms with Gasteiger partial charge in [0.25, 0.3) is 5.91 Å². The van der Waals surface area contributed by atoms with E-state index in [0.717, 1.165) is 39.0 Å². The lowest BCUT2D eigenvalue weighted by Crippen LogP contribution is -2.49. The third-order valence-electron chi connectivity index (χ3n) is 5.99. The molecule has 0 aromatic carbocycles. The SMILES string of the molecule is CCCS(=O)(=O)N1CCN(CCCCCCCCN2C(=S)NC(=O)C2(C)C)CC1. The maximum atomic E-state index is 12.1. The normalized spacial score (nSPS) is 21.0. The van der Waals surface area contributed by atoms with Gasteiger partial charge in [0.2, 0.25) is 10.0 Å². The second kappa shape index (κ2) is 11.0. The first-order valence-electron chi connectivity index (χ1n) is 11.0. The van der Waals surface area contributed by atoms with Gasteiger partial charge in [-0.1, -0.05) is 32.6 Å². The lowest BCUT2D eigenvalue weighted by Gasteiger charge is -2.33. The molecule has 7 nitrogen and oxygen atoms in total. The number of nitrogens with zero attached hydrogens (tertiary/aromatic N) is 3. The molecular weight excluding hydrogens is 408 g/mol. The topological polar surface area (TPSA) is 73.0 Å². The summed E-state index contributed by atoms with van der Waals surface area (Å²) >= 11 is 5.26. The number of rotatable bonds is 12. The first-order chi connectivity index (χ1) is 13.7. The molecule has 9 heteroatoms. The summed E-state index contributed by atoms with van der Waals surface area (Å²) in [6.45, 7) is 10.6. The number of carbonyl (C=O) groups excluding carboxylic acids is 1. The Balaban J connectivity index is 1.50. The molecule has 2 rings (SSSR count). The summed E-state index contributed by atoms with van der Waals surface area (Å²) in [5, 5.41) is 3.31. The Labute approximate surface area is 182 Å². The lowest BCUT2D eigenvalue weighted by molar-refractivity contribution is -0.125. The zero-order chi connectivity index (χ0) is 21.5. The highest BCUT2D eigenvalue weighted by Gasteiger charge is 2.42. The van der Waals surface area contributed by atoms with Crippen molar-refractivity contribution >= 4 is 33.3 Å². The predicted octanol–water partition coefficient (Wildman–Crippen LogP) is 2.18. The van der Waals surface area contributed by atoms with E-state index >= 15 is 0 Å². The van der Waals surface area contributed by atoms with Crippen LogP contribution in [0.3, 0.4) is 0 Å². The zero-order valence-corrected chi connectivity index (χ0v) is 19.9. The molecule has 2 aliphatic rings. The quantitative estimate of drug-likeness (QED) is 0.366. The maximum Gasteiger partial charge on any atom is 0.251 e. The highest BCUT2D eigenvalue weighted by Crippen LogP contribution is 2.22. The van der Waals surface area contributed by atoms with Gasteiger partial charge in [-0.15, -0.1) is 0 Å². The van der Waals surface area contributed by atoms with E-state index in [0.29, 0.717) is 24.6 Å². The minimum Gasteiger partial charge on any atom is -0.335 e. The number of hydrogen-bond acceptors (Lipinski definition) is 5. The van der Waals surface area contributed by atoms with Crippen molar-refractivity contribution in [1.29, 1.82) is 0 Å². The molecule has 0 saturated carbocycles. The van der Waals surface area contributed by atoms with Crippen LogP contribution in [0.4, 0.5) is 0 Å². The Morgan fingerprint density at radius 2 is 1.52 bits per heavy atom. The van der Waals surface area contributed by atoms with Crippen molar-refractivity contribution in [1.82, 2.24) is 19.4 Å². The number of sulfonamides is 1. The van der Waals surface area contributed by atoms with Crippen LogP contribution in [0.25, 0.3) is 0 Å². The molecule has 0 bridgehead atoms. The van der Waals surface area contributed by atoms with Crippen LogP contribution in [0.15, 0.2) is 0 Å². The smallest absolute Gasteiger partial charge is 0.251 e. The fraction of sp³-hybridized carbons (Fsp3) is 0.900. The summed E-state index contributed by atoms with van der Waals surface area (Å²) in [5.74, 6) is 0.257. The molecule has 168 valence electrons. The first-order valence-corrected chi connectivity index (χ1v) is 13.0. The summed E-state index contributed by atoms with van der Waals surface area (Å²) in [5.41, 5.74) is -0.531. The molecule has 0 aromatic heterocycles. The molecule has 1 amide bonds. The molecule has 0 radical (unpaired) electrons. The number of nitrogens with one attached hydrogen (secondary N) is 1. The van der Waals surface area contributed by atoms with Crippen molar-refractivity contribution in [3.05, 3.63) is 0 Å². The van der Waals surface area contributed by atoms with Crippen LogP contribution < -0.4 is 5.32 Å². The average molecular weight is 447 g/mol. The average Bonchev–Trinajstić information content (AvgIpc) is 2.85. The van der Waals surface area contributed by atoms with Crippen LogP contribution in [0.5, 0.6) is 0 Å². The van der Waals surface area contributed by atoms with Crippen LogP contribution in [0.2, 0.25) is 0 Å². The minimum absolute atomic E-state index is 0.00806. The second-order valence-electron chi connectivity index (χ2n) is 8.65. The fourth-order valence-corrected chi connectivity index (χ4v) is 5.91. The Kier molecular flexibility index (Phi) is 9.31. The largest absolute Gasteiger partial charge is 0.335 e. The van der Waals surface area contributed by atoms with E-state index in [9.17, 15) is 13.2 Å². The highest BCUT2D eigenvalue weighted by molar-refractivity contribution is 7.89. The van der Waals surface area contributed by atoms with Crippen molar-refractivity contribution < 1.29 is 13.2 Å². The van der Waals surface area contributed by atoms with Gasteiger partial charge in [-0.3, -0.25) is 4.79 Å². The van der Waals surface area contributed by atoms with Gasteiger partial charge in [0.1, 0.15) is 5.54 Å². The summed E-state index contributed by atoms with van der Waals surface area (Å²) < 4.78 is 25.9. The Hall–Kier alpha value is -0.770. The second-order valence-corrected chi connectivity index (χ2v) is 11.1. The lowest BCUT2D eigenvalue weighted by atomic mass is 10.0. The summed E-state index contributed by atoms with van der Waals surface area (Å²) in [6, 6.07) is 0. The molecule has 2 heterocycles. The van der Waals surface area contributed by atoms with Crippen molar-refractivity contribution in [2.24, 2.45) is 0 Å². The van der Waals surface area contributed by atoms with Gasteiger partial charge in [-0.05, 0) is 51.9 Å². The molecule has 0 atom stereocenters. The molecule has 0 unspecified atom stereocenters. The van der Waals surface area contributed by atoms with E-state index in [1.54, 1.807) is 4.31 Å². The number of carbonyl (C=O) groups is 1. The van der Waals surface area contributed by atoms with E-state index in [2.05, 4.69) is 10.2 Å². The van der Waals surface area contributed by atoms with Crippen LogP contribution >= 0.6 is 12.2 Å². The number of piperazine rings is 1. The number of hydrogen-bond donors (Lipinski definition) is 1. The summed E-state index contributed by atoms with van der Waals surface area (Å²) in [4.78, 5) is 16.3. The highest BCUT2D eigenvalue weighted by atomic mass is 32.2. The Morgan fingerprint density at radius 3 is 2.03 bits per heavy atom. The van der Waals surface area contributed by atoms with Crippen molar-refractivity contribution in [3.8, 4) is 0 Å². The van der Waals surface area contributed by atoms with Gasteiger partial charge >= 0.3 is 0 Å². The molecular formula is C20H38N4O3S2. The number of thiocarbonyl (C=S) groups is 1. The van der Waals surface area contributed by atoms with Crippen molar-refractivity contribution in [3.63, 3.8) is 0 Å². The van der Waals surface area contributed by atoms with E-state index in [1.807, 2.05) is 25.7 Å².